The fourth-order valence-electron chi connectivity index (χ4n) is 6.55. The van der Waals surface area contributed by atoms with E-state index in [1.807, 2.05) is 0 Å². The Bertz CT molecular complexity index is 655. The number of hydrogen-bond acceptors (Lipinski definition) is 5. The lowest BCUT2D eigenvalue weighted by Gasteiger charge is -2.21. The standard InChI is InChI=1S/C34H69NO3.C10H20O/c1-4-7-10-12-13-15-18-23-28-35(30-31-36)29-24-19-16-14-17-20-25-32-38-34(37)33(26-21-9-6-3)27-22-11-8-5-2;1-3-4-5-6-7-8-9-10(2)11/h33,36H,4-32H2,1-3H3;3-9H2,1-2H3. The average molecular weight is 696 g/mol. The van der Waals surface area contributed by atoms with Crippen LogP contribution >= 0.6 is 0 Å². The normalized spacial score (nSPS) is 11.8. The van der Waals surface area contributed by atoms with Crippen LogP contribution in [0.1, 0.15) is 234 Å². The molecule has 0 radical (unpaired) electrons. The van der Waals surface area contributed by atoms with Crippen LogP contribution in [0.25, 0.3) is 0 Å². The summed E-state index contributed by atoms with van der Waals surface area (Å²) >= 11 is 0. The molecule has 0 saturated carbocycles. The van der Waals surface area contributed by atoms with E-state index >= 15 is 0 Å². The van der Waals surface area contributed by atoms with Crippen molar-refractivity contribution in [2.75, 3.05) is 32.8 Å². The molecular formula is C44H89NO4. The highest BCUT2D eigenvalue weighted by Crippen LogP contribution is 2.20. The largest absolute Gasteiger partial charge is 0.465 e. The number of ether oxygens (including phenoxy) is 1. The number of Topliss-reactive ketones (excluding diaryl/α,β-unsaturated/α-hetero) is 1. The number of ketones is 1. The molecule has 0 aliphatic rings. The molecule has 0 aliphatic heterocycles. The highest BCUT2D eigenvalue weighted by atomic mass is 16.5. The van der Waals surface area contributed by atoms with Gasteiger partial charge in [0.15, 0.2) is 0 Å². The van der Waals surface area contributed by atoms with Gasteiger partial charge in [0, 0.05) is 13.0 Å². The lowest BCUT2D eigenvalue weighted by Crippen LogP contribution is -2.29. The first-order valence-electron chi connectivity index (χ1n) is 22.0. The minimum absolute atomic E-state index is 0.0667. The molecule has 294 valence electrons. The van der Waals surface area contributed by atoms with Crippen molar-refractivity contribution < 1.29 is 19.4 Å². The smallest absolute Gasteiger partial charge is 0.308 e. The van der Waals surface area contributed by atoms with E-state index in [4.69, 9.17) is 4.74 Å². The van der Waals surface area contributed by atoms with Crippen molar-refractivity contribution in [3.63, 3.8) is 0 Å². The minimum Gasteiger partial charge on any atom is -0.465 e. The number of rotatable bonds is 38. The van der Waals surface area contributed by atoms with E-state index in [0.717, 1.165) is 64.6 Å². The van der Waals surface area contributed by atoms with Crippen LogP contribution in [0.15, 0.2) is 0 Å². The predicted octanol–water partition coefficient (Wildman–Crippen LogP) is 13.2. The predicted molar refractivity (Wildman–Crippen MR) is 214 cm³/mol. The van der Waals surface area contributed by atoms with Gasteiger partial charge in [-0.3, -0.25) is 4.79 Å². The molecule has 0 fully saturated rings. The molecule has 0 rings (SSSR count). The van der Waals surface area contributed by atoms with Gasteiger partial charge in [-0.25, -0.2) is 0 Å². The number of hydrogen-bond donors (Lipinski definition) is 1. The van der Waals surface area contributed by atoms with Crippen LogP contribution in [-0.4, -0.2) is 54.6 Å². The molecular weight excluding hydrogens is 606 g/mol. The minimum atomic E-state index is 0.0667. The second-order valence-electron chi connectivity index (χ2n) is 14.9. The number of carbonyl (C=O) groups excluding carboxylic acids is 2. The summed E-state index contributed by atoms with van der Waals surface area (Å²) in [7, 11) is 0. The third kappa shape index (κ3) is 41.4. The zero-order chi connectivity index (χ0) is 36.5. The van der Waals surface area contributed by atoms with Crippen molar-refractivity contribution in [2.24, 2.45) is 5.92 Å². The fourth-order valence-corrected chi connectivity index (χ4v) is 6.55. The quantitative estimate of drug-likeness (QED) is 0.0514. The number of aliphatic hydroxyl groups excluding tert-OH is 1. The SMILES string of the molecule is CCCCCCCCC(C)=O.CCCCCCCCCCN(CCO)CCCCCCCCCOC(=O)C(CCCCC)CCCCCC. The highest BCUT2D eigenvalue weighted by molar-refractivity contribution is 5.75. The summed E-state index contributed by atoms with van der Waals surface area (Å²) in [5, 5.41) is 9.40. The van der Waals surface area contributed by atoms with E-state index in [2.05, 4.69) is 32.6 Å². The van der Waals surface area contributed by atoms with Crippen LogP contribution in [0.4, 0.5) is 0 Å². The molecule has 5 nitrogen and oxygen atoms in total. The molecule has 49 heavy (non-hydrogen) atoms. The molecule has 0 aliphatic carbocycles. The molecule has 0 amide bonds. The third-order valence-corrected chi connectivity index (χ3v) is 9.89. The van der Waals surface area contributed by atoms with Gasteiger partial charge >= 0.3 is 5.97 Å². The summed E-state index contributed by atoms with van der Waals surface area (Å²) < 4.78 is 5.69. The summed E-state index contributed by atoms with van der Waals surface area (Å²) in [5.74, 6) is 0.525. The van der Waals surface area contributed by atoms with E-state index in [0.29, 0.717) is 12.4 Å². The van der Waals surface area contributed by atoms with Crippen molar-refractivity contribution in [1.82, 2.24) is 4.90 Å². The van der Waals surface area contributed by atoms with Gasteiger partial charge in [-0.2, -0.15) is 0 Å². The van der Waals surface area contributed by atoms with Crippen LogP contribution in [-0.2, 0) is 14.3 Å². The van der Waals surface area contributed by atoms with E-state index in [1.165, 1.54) is 154 Å². The van der Waals surface area contributed by atoms with Crippen LogP contribution in [0, 0.1) is 5.92 Å². The first-order chi connectivity index (χ1) is 24.0. The number of esters is 1. The number of unbranched alkanes of at least 4 members (excludes halogenated alkanes) is 23. The molecule has 0 aromatic rings. The maximum atomic E-state index is 12.6. The van der Waals surface area contributed by atoms with Crippen LogP contribution < -0.4 is 0 Å². The highest BCUT2D eigenvalue weighted by Gasteiger charge is 2.19. The Hall–Kier alpha value is -0.940. The van der Waals surface area contributed by atoms with Gasteiger partial charge in [0.2, 0.25) is 0 Å². The van der Waals surface area contributed by atoms with Crippen molar-refractivity contribution >= 4 is 11.8 Å². The first-order valence-corrected chi connectivity index (χ1v) is 22.0. The van der Waals surface area contributed by atoms with Crippen LogP contribution in [0.2, 0.25) is 0 Å². The van der Waals surface area contributed by atoms with Crippen LogP contribution in [0.3, 0.4) is 0 Å². The molecule has 5 heteroatoms. The van der Waals surface area contributed by atoms with Gasteiger partial charge in [-0.05, 0) is 58.5 Å². The van der Waals surface area contributed by atoms with Crippen molar-refractivity contribution in [2.45, 2.75) is 234 Å². The maximum absolute atomic E-state index is 12.6. The van der Waals surface area contributed by atoms with Crippen LogP contribution in [0.5, 0.6) is 0 Å². The summed E-state index contributed by atoms with van der Waals surface area (Å²) in [4.78, 5) is 25.6. The molecule has 0 heterocycles. The van der Waals surface area contributed by atoms with Crippen molar-refractivity contribution in [1.29, 1.82) is 0 Å². The Morgan fingerprint density at radius 3 is 1.31 bits per heavy atom. The molecule has 1 atom stereocenters. The molecule has 0 bridgehead atoms. The topological polar surface area (TPSA) is 66.8 Å². The van der Waals surface area contributed by atoms with Gasteiger partial charge < -0.3 is 19.5 Å². The van der Waals surface area contributed by atoms with Gasteiger partial charge in [0.05, 0.1) is 19.1 Å². The number of nitrogens with zero attached hydrogens (tertiary/aromatic N) is 1. The summed E-state index contributed by atoms with van der Waals surface area (Å²) in [6.45, 7) is 14.6. The molecule has 0 saturated heterocycles. The summed E-state index contributed by atoms with van der Waals surface area (Å²) in [5.41, 5.74) is 0. The lowest BCUT2D eigenvalue weighted by atomic mass is 9.95. The zero-order valence-corrected chi connectivity index (χ0v) is 34.2. The number of aliphatic hydroxyl groups is 1. The maximum Gasteiger partial charge on any atom is 0.308 e. The van der Waals surface area contributed by atoms with E-state index in [-0.39, 0.29) is 18.5 Å². The lowest BCUT2D eigenvalue weighted by molar-refractivity contribution is -0.149. The van der Waals surface area contributed by atoms with E-state index in [9.17, 15) is 14.7 Å². The molecule has 1 N–H and O–H groups in total. The Kier molecular flexibility index (Phi) is 44.3. The third-order valence-electron chi connectivity index (χ3n) is 9.89. The Morgan fingerprint density at radius 2 is 0.857 bits per heavy atom. The van der Waals surface area contributed by atoms with E-state index in [1.54, 1.807) is 6.92 Å². The Labute approximate surface area is 307 Å². The fraction of sp³-hybridized carbons (Fsp3) is 0.955. The Balaban J connectivity index is 0. The summed E-state index contributed by atoms with van der Waals surface area (Å²) in [6.07, 6.45) is 38.3. The van der Waals surface area contributed by atoms with E-state index < -0.39 is 0 Å². The van der Waals surface area contributed by atoms with Crippen molar-refractivity contribution in [3.05, 3.63) is 0 Å². The number of carbonyl (C=O) groups is 2. The van der Waals surface area contributed by atoms with Gasteiger partial charge in [0.1, 0.15) is 5.78 Å². The zero-order valence-electron chi connectivity index (χ0n) is 34.2. The van der Waals surface area contributed by atoms with Gasteiger partial charge in [-0.15, -0.1) is 0 Å². The molecule has 0 spiro atoms. The van der Waals surface area contributed by atoms with Gasteiger partial charge in [0.25, 0.3) is 0 Å². The molecule has 1 unspecified atom stereocenters. The molecule has 0 aromatic carbocycles. The van der Waals surface area contributed by atoms with Gasteiger partial charge in [-0.1, -0.05) is 182 Å². The Morgan fingerprint density at radius 1 is 0.490 bits per heavy atom. The second-order valence-corrected chi connectivity index (χ2v) is 14.9. The summed E-state index contributed by atoms with van der Waals surface area (Å²) in [6, 6.07) is 0. The molecule has 0 aromatic heterocycles. The first kappa shape index (κ1) is 50.2. The monoisotopic (exact) mass is 696 g/mol. The van der Waals surface area contributed by atoms with Crippen molar-refractivity contribution in [3.8, 4) is 0 Å². The average Bonchev–Trinajstić information content (AvgIpc) is 3.09. The second kappa shape index (κ2) is 43.2.